The Morgan fingerprint density at radius 3 is 2.97 bits per heavy atom. The van der Waals surface area contributed by atoms with Gasteiger partial charge >= 0.3 is 5.97 Å². The Kier molecular flexibility index (Phi) is 5.83. The summed E-state index contributed by atoms with van der Waals surface area (Å²) in [6.45, 7) is 3.19. The number of aliphatic imine (C=N–C) groups is 1. The molecule has 0 aliphatic carbocycles. The van der Waals surface area contributed by atoms with E-state index in [4.69, 9.17) is 9.73 Å². The van der Waals surface area contributed by atoms with E-state index in [1.54, 1.807) is 24.1 Å². The maximum atomic E-state index is 13.7. The number of carbonyl (C=O) groups is 1. The van der Waals surface area contributed by atoms with Gasteiger partial charge in [0.2, 0.25) is 0 Å². The Balaban J connectivity index is 1.93. The first-order valence-corrected chi connectivity index (χ1v) is 11.0. The summed E-state index contributed by atoms with van der Waals surface area (Å²) in [5.74, 6) is -0.266. The lowest BCUT2D eigenvalue weighted by atomic mass is 9.93. The van der Waals surface area contributed by atoms with Crippen LogP contribution in [-0.4, -0.2) is 52.8 Å². The van der Waals surface area contributed by atoms with E-state index >= 15 is 0 Å². The van der Waals surface area contributed by atoms with E-state index in [2.05, 4.69) is 27.1 Å². The topological polar surface area (TPSA) is 81.8 Å². The molecular formula is C20H17BrFN5O2S. The lowest BCUT2D eigenvalue weighted by molar-refractivity contribution is -0.139. The normalized spacial score (nSPS) is 18.6. The zero-order valence-electron chi connectivity index (χ0n) is 16.0. The minimum atomic E-state index is -0.720. The Bertz CT molecular complexity index is 1080. The standard InChI is InChI=1S/C20H17BrFN5O2S/c1-2-29-20(28)16-15-10-26(11-23)6-7-27(15)18(19-24-5-8-30-19)25-17(16)13-4-3-12(22)9-14(13)21/h3-5,8-9,17H,2,6-7,10H2,1H3. The van der Waals surface area contributed by atoms with Gasteiger partial charge in [-0.25, -0.2) is 14.2 Å². The van der Waals surface area contributed by atoms with Crippen LogP contribution in [0.1, 0.15) is 23.5 Å². The van der Waals surface area contributed by atoms with Crippen molar-refractivity contribution in [1.82, 2.24) is 14.8 Å². The fourth-order valence-electron chi connectivity index (χ4n) is 3.56. The Hall–Kier alpha value is -2.77. The average Bonchev–Trinajstić information content (AvgIpc) is 3.27. The number of ether oxygens (including phenoxy) is 1. The van der Waals surface area contributed by atoms with Crippen LogP contribution in [0.4, 0.5) is 4.39 Å². The van der Waals surface area contributed by atoms with E-state index in [1.165, 1.54) is 23.5 Å². The molecule has 1 fully saturated rings. The molecule has 1 unspecified atom stereocenters. The molecule has 0 radical (unpaired) electrons. The minimum Gasteiger partial charge on any atom is -0.463 e. The van der Waals surface area contributed by atoms with E-state index in [1.807, 2.05) is 10.3 Å². The second kappa shape index (κ2) is 8.53. The summed E-state index contributed by atoms with van der Waals surface area (Å²) in [7, 11) is 0. The number of carbonyl (C=O) groups excluding carboxylic acids is 1. The van der Waals surface area contributed by atoms with E-state index in [0.717, 1.165) is 0 Å². The van der Waals surface area contributed by atoms with Gasteiger partial charge in [-0.05, 0) is 24.6 Å². The van der Waals surface area contributed by atoms with E-state index in [-0.39, 0.29) is 13.2 Å². The summed E-state index contributed by atoms with van der Waals surface area (Å²) in [5.41, 5.74) is 1.64. The molecule has 1 atom stereocenters. The van der Waals surface area contributed by atoms with Crippen LogP contribution in [0.3, 0.4) is 0 Å². The maximum absolute atomic E-state index is 13.7. The lowest BCUT2D eigenvalue weighted by Crippen LogP contribution is -2.49. The predicted octanol–water partition coefficient (Wildman–Crippen LogP) is 3.46. The third-order valence-corrected chi connectivity index (χ3v) is 6.32. The molecule has 3 heterocycles. The molecule has 1 aromatic heterocycles. The summed E-state index contributed by atoms with van der Waals surface area (Å²) < 4.78 is 19.6. The molecule has 0 amide bonds. The second-order valence-electron chi connectivity index (χ2n) is 6.61. The summed E-state index contributed by atoms with van der Waals surface area (Å²) in [6.07, 6.45) is 3.86. The largest absolute Gasteiger partial charge is 0.463 e. The van der Waals surface area contributed by atoms with Gasteiger partial charge in [-0.1, -0.05) is 22.0 Å². The molecule has 30 heavy (non-hydrogen) atoms. The van der Waals surface area contributed by atoms with Gasteiger partial charge in [0.25, 0.3) is 0 Å². The van der Waals surface area contributed by atoms with Crippen molar-refractivity contribution in [1.29, 1.82) is 5.26 Å². The lowest BCUT2D eigenvalue weighted by Gasteiger charge is -2.41. The van der Waals surface area contributed by atoms with E-state index in [9.17, 15) is 14.4 Å². The van der Waals surface area contributed by atoms with Crippen molar-refractivity contribution < 1.29 is 13.9 Å². The molecule has 0 saturated carbocycles. The zero-order valence-corrected chi connectivity index (χ0v) is 18.4. The minimum absolute atomic E-state index is 0.206. The van der Waals surface area contributed by atoms with Crippen LogP contribution < -0.4 is 0 Å². The number of halogens is 2. The monoisotopic (exact) mass is 489 g/mol. The number of nitrogens with zero attached hydrogens (tertiary/aromatic N) is 5. The number of fused-ring (bicyclic) bond motifs is 1. The number of nitriles is 1. The van der Waals surface area contributed by atoms with Crippen LogP contribution in [0.2, 0.25) is 0 Å². The van der Waals surface area contributed by atoms with Crippen LogP contribution in [-0.2, 0) is 9.53 Å². The number of rotatable bonds is 4. The first kappa shape index (κ1) is 20.5. The van der Waals surface area contributed by atoms with Crippen LogP contribution >= 0.6 is 27.3 Å². The number of amidine groups is 1. The van der Waals surface area contributed by atoms with Crippen molar-refractivity contribution in [2.45, 2.75) is 13.0 Å². The molecule has 2 aromatic rings. The SMILES string of the molecule is CCOC(=O)C1=C2CN(C#N)CCN2C(c2nccs2)=NC1c1ccc(F)cc1Br. The molecular weight excluding hydrogens is 473 g/mol. The van der Waals surface area contributed by atoms with Gasteiger partial charge in [-0.2, -0.15) is 5.26 Å². The summed E-state index contributed by atoms with van der Waals surface area (Å²) in [5, 5.41) is 12.0. The van der Waals surface area contributed by atoms with Gasteiger partial charge in [0, 0.05) is 29.1 Å². The number of hydrogen-bond acceptors (Lipinski definition) is 8. The first-order valence-electron chi connectivity index (χ1n) is 9.28. The molecule has 10 heteroatoms. The fourth-order valence-corrected chi connectivity index (χ4v) is 4.76. The molecule has 154 valence electrons. The number of benzene rings is 1. The molecule has 2 aliphatic heterocycles. The van der Waals surface area contributed by atoms with Crippen molar-refractivity contribution in [2.24, 2.45) is 4.99 Å². The molecule has 0 N–H and O–H groups in total. The quantitative estimate of drug-likeness (QED) is 0.483. The Morgan fingerprint density at radius 1 is 1.47 bits per heavy atom. The highest BCUT2D eigenvalue weighted by Gasteiger charge is 2.40. The van der Waals surface area contributed by atoms with Crippen molar-refractivity contribution in [2.75, 3.05) is 26.2 Å². The predicted molar refractivity (Wildman–Crippen MR) is 113 cm³/mol. The summed E-state index contributed by atoms with van der Waals surface area (Å²) >= 11 is 4.85. The van der Waals surface area contributed by atoms with Crippen LogP contribution in [0.5, 0.6) is 0 Å². The molecule has 1 saturated heterocycles. The third kappa shape index (κ3) is 3.70. The van der Waals surface area contributed by atoms with Gasteiger partial charge in [0.15, 0.2) is 17.0 Å². The van der Waals surface area contributed by atoms with Gasteiger partial charge in [0.05, 0.1) is 24.4 Å². The smallest absolute Gasteiger partial charge is 0.338 e. The van der Waals surface area contributed by atoms with E-state index in [0.29, 0.717) is 45.2 Å². The van der Waals surface area contributed by atoms with Crippen LogP contribution in [0, 0.1) is 17.3 Å². The molecule has 2 aliphatic rings. The Labute approximate surface area is 185 Å². The maximum Gasteiger partial charge on any atom is 0.338 e. The first-order chi connectivity index (χ1) is 14.5. The van der Waals surface area contributed by atoms with Crippen molar-refractivity contribution in [3.63, 3.8) is 0 Å². The number of esters is 1. The number of piperazine rings is 1. The van der Waals surface area contributed by atoms with Crippen molar-refractivity contribution in [3.8, 4) is 6.19 Å². The molecule has 1 aromatic carbocycles. The molecule has 0 bridgehead atoms. The number of aromatic nitrogens is 1. The molecule has 4 rings (SSSR count). The van der Waals surface area contributed by atoms with Crippen molar-refractivity contribution in [3.05, 3.63) is 61.9 Å². The Morgan fingerprint density at radius 2 is 2.30 bits per heavy atom. The summed E-state index contributed by atoms with van der Waals surface area (Å²) in [4.78, 5) is 25.8. The third-order valence-electron chi connectivity index (χ3n) is 4.87. The highest BCUT2D eigenvalue weighted by atomic mass is 79.9. The zero-order chi connectivity index (χ0) is 21.3. The fraction of sp³-hybridized carbons (Fsp3) is 0.300. The highest BCUT2D eigenvalue weighted by Crippen LogP contribution is 2.40. The summed E-state index contributed by atoms with van der Waals surface area (Å²) in [6, 6.07) is 3.56. The molecule has 0 spiro atoms. The number of hydrogen-bond donors (Lipinski definition) is 0. The van der Waals surface area contributed by atoms with Crippen LogP contribution in [0.15, 0.2) is 50.5 Å². The second-order valence-corrected chi connectivity index (χ2v) is 8.36. The van der Waals surface area contributed by atoms with Gasteiger partial charge in [0.1, 0.15) is 11.9 Å². The van der Waals surface area contributed by atoms with E-state index < -0.39 is 17.8 Å². The average molecular weight is 490 g/mol. The van der Waals surface area contributed by atoms with Crippen LogP contribution in [0.25, 0.3) is 0 Å². The molecule has 7 nitrogen and oxygen atoms in total. The number of thiazole rings is 1. The van der Waals surface area contributed by atoms with Crippen molar-refractivity contribution >= 4 is 39.1 Å². The van der Waals surface area contributed by atoms with Gasteiger partial charge in [-0.3, -0.25) is 4.99 Å². The van der Waals surface area contributed by atoms with Gasteiger partial charge < -0.3 is 14.5 Å². The van der Waals surface area contributed by atoms with Gasteiger partial charge in [-0.15, -0.1) is 11.3 Å². The highest BCUT2D eigenvalue weighted by molar-refractivity contribution is 9.10.